The van der Waals surface area contributed by atoms with Crippen molar-refractivity contribution in [3.8, 4) is 0 Å². The molecule has 0 saturated carbocycles. The van der Waals surface area contributed by atoms with Crippen LogP contribution >= 0.6 is 11.6 Å². The SMILES string of the molecule is Cn1nccc1C1=C(C(=O)N[C@H](CN)Cc2ccccc2C(F)(F)F)C(=O)OC1Cl. The van der Waals surface area contributed by atoms with E-state index in [1.54, 1.807) is 13.1 Å². The first-order chi connectivity index (χ1) is 14.1. The Morgan fingerprint density at radius 1 is 1.37 bits per heavy atom. The standard InChI is InChI=1S/C19H18ClF3N4O3/c1-27-13(6-7-25-27)14-15(18(29)30-16(14)20)17(28)26-11(9-24)8-10-4-2-3-5-12(10)19(21,22)23/h2-7,11,16H,8-9,24H2,1H3,(H,26,28)/t11-,16?/m0/s1. The number of hydrogen-bond acceptors (Lipinski definition) is 5. The van der Waals surface area contributed by atoms with Gasteiger partial charge in [0.15, 0.2) is 0 Å². The Balaban J connectivity index is 1.88. The van der Waals surface area contributed by atoms with Crippen molar-refractivity contribution in [2.24, 2.45) is 12.8 Å². The van der Waals surface area contributed by atoms with Crippen LogP contribution < -0.4 is 11.1 Å². The Morgan fingerprint density at radius 2 is 2.07 bits per heavy atom. The van der Waals surface area contributed by atoms with Crippen LogP contribution in [0.15, 0.2) is 42.1 Å². The molecule has 0 saturated heterocycles. The van der Waals surface area contributed by atoms with E-state index in [1.807, 2.05) is 0 Å². The molecule has 1 aliphatic heterocycles. The highest BCUT2D eigenvalue weighted by molar-refractivity contribution is 6.34. The molecule has 3 rings (SSSR count). The number of benzene rings is 1. The van der Waals surface area contributed by atoms with Crippen LogP contribution in [0.5, 0.6) is 0 Å². The summed E-state index contributed by atoms with van der Waals surface area (Å²) in [6.45, 7) is -0.147. The molecule has 3 N–H and O–H groups in total. The van der Waals surface area contributed by atoms with Gasteiger partial charge in [-0.15, -0.1) is 0 Å². The molecule has 160 valence electrons. The topological polar surface area (TPSA) is 99.2 Å². The van der Waals surface area contributed by atoms with E-state index >= 15 is 0 Å². The van der Waals surface area contributed by atoms with Gasteiger partial charge in [-0.05, 0) is 24.1 Å². The highest BCUT2D eigenvalue weighted by Crippen LogP contribution is 2.34. The molecule has 2 atom stereocenters. The number of cyclic esters (lactones) is 1. The Morgan fingerprint density at radius 3 is 2.67 bits per heavy atom. The average molecular weight is 443 g/mol. The molecule has 30 heavy (non-hydrogen) atoms. The van der Waals surface area contributed by atoms with E-state index in [9.17, 15) is 22.8 Å². The lowest BCUT2D eigenvalue weighted by Crippen LogP contribution is -2.43. The van der Waals surface area contributed by atoms with Crippen LogP contribution in [0.4, 0.5) is 13.2 Å². The van der Waals surface area contributed by atoms with Crippen molar-refractivity contribution in [1.29, 1.82) is 0 Å². The van der Waals surface area contributed by atoms with Gasteiger partial charge in [0, 0.05) is 25.8 Å². The normalized spacial score (nSPS) is 17.8. The molecule has 1 aromatic heterocycles. The number of halogens is 4. The second-order valence-electron chi connectivity index (χ2n) is 6.62. The quantitative estimate of drug-likeness (QED) is 0.405. The smallest absolute Gasteiger partial charge is 0.416 e. The van der Waals surface area contributed by atoms with Crippen molar-refractivity contribution in [2.75, 3.05) is 6.54 Å². The van der Waals surface area contributed by atoms with Gasteiger partial charge >= 0.3 is 12.1 Å². The van der Waals surface area contributed by atoms with Crippen LogP contribution in [0.3, 0.4) is 0 Å². The number of ether oxygens (including phenoxy) is 1. The zero-order valence-electron chi connectivity index (χ0n) is 15.7. The summed E-state index contributed by atoms with van der Waals surface area (Å²) in [7, 11) is 1.60. The Bertz CT molecular complexity index is 1000. The first-order valence-electron chi connectivity index (χ1n) is 8.87. The van der Waals surface area contributed by atoms with E-state index in [1.165, 1.54) is 29.1 Å². The van der Waals surface area contributed by atoms with Crippen molar-refractivity contribution in [1.82, 2.24) is 15.1 Å². The van der Waals surface area contributed by atoms with E-state index in [2.05, 4.69) is 10.4 Å². The molecule has 0 fully saturated rings. The highest BCUT2D eigenvalue weighted by atomic mass is 35.5. The molecule has 0 bridgehead atoms. The van der Waals surface area contributed by atoms with Crippen molar-refractivity contribution in [3.63, 3.8) is 0 Å². The molecule has 0 spiro atoms. The third kappa shape index (κ3) is 4.34. The van der Waals surface area contributed by atoms with Crippen molar-refractivity contribution in [3.05, 3.63) is 58.9 Å². The number of hydrogen-bond donors (Lipinski definition) is 2. The number of nitrogens with two attached hydrogens (primary N) is 1. The van der Waals surface area contributed by atoms with E-state index in [-0.39, 0.29) is 29.7 Å². The molecule has 7 nitrogen and oxygen atoms in total. The molecular formula is C19H18ClF3N4O3. The number of carbonyl (C=O) groups is 2. The molecule has 0 aliphatic carbocycles. The van der Waals surface area contributed by atoms with E-state index < -0.39 is 35.2 Å². The van der Waals surface area contributed by atoms with Gasteiger partial charge in [0.05, 0.1) is 16.8 Å². The summed E-state index contributed by atoms with van der Waals surface area (Å²) in [6.07, 6.45) is -3.26. The largest absolute Gasteiger partial charge is 0.438 e. The third-order valence-corrected chi connectivity index (χ3v) is 4.95. The fraction of sp³-hybridized carbons (Fsp3) is 0.316. The number of aromatic nitrogens is 2. The van der Waals surface area contributed by atoms with E-state index in [0.29, 0.717) is 5.69 Å². The summed E-state index contributed by atoms with van der Waals surface area (Å²) in [6, 6.07) is 5.72. The van der Waals surface area contributed by atoms with Crippen molar-refractivity contribution >= 4 is 29.1 Å². The van der Waals surface area contributed by atoms with E-state index in [4.69, 9.17) is 22.1 Å². The van der Waals surface area contributed by atoms with Crippen LogP contribution in [-0.4, -0.2) is 39.8 Å². The Hall–Kier alpha value is -2.85. The second-order valence-corrected chi connectivity index (χ2v) is 7.01. The van der Waals surface area contributed by atoms with Crippen molar-refractivity contribution in [2.45, 2.75) is 24.2 Å². The number of amides is 1. The summed E-state index contributed by atoms with van der Waals surface area (Å²) in [4.78, 5) is 25.0. The van der Waals surface area contributed by atoms with Crippen LogP contribution in [0.25, 0.3) is 5.57 Å². The van der Waals surface area contributed by atoms with Crippen LogP contribution in [-0.2, 0) is 34.0 Å². The van der Waals surface area contributed by atoms with Gasteiger partial charge in [-0.2, -0.15) is 18.3 Å². The minimum atomic E-state index is -4.55. The van der Waals surface area contributed by atoms with Gasteiger partial charge in [-0.3, -0.25) is 9.48 Å². The number of esters is 1. The number of nitrogens with zero attached hydrogens (tertiary/aromatic N) is 2. The molecule has 1 amide bonds. The molecule has 1 aliphatic rings. The minimum Gasteiger partial charge on any atom is -0.438 e. The Labute approximate surface area is 174 Å². The zero-order chi connectivity index (χ0) is 22.1. The van der Waals surface area contributed by atoms with Gasteiger partial charge in [0.1, 0.15) is 5.57 Å². The summed E-state index contributed by atoms with van der Waals surface area (Å²) >= 11 is 6.07. The maximum absolute atomic E-state index is 13.2. The molecule has 11 heteroatoms. The maximum atomic E-state index is 13.2. The second kappa shape index (κ2) is 8.49. The Kier molecular flexibility index (Phi) is 6.18. The molecule has 2 heterocycles. The zero-order valence-corrected chi connectivity index (χ0v) is 16.5. The lowest BCUT2D eigenvalue weighted by Gasteiger charge is -2.20. The van der Waals surface area contributed by atoms with Crippen LogP contribution in [0, 0.1) is 0 Å². The number of carbonyl (C=O) groups excluding carboxylic acids is 2. The number of alkyl halides is 4. The average Bonchev–Trinajstić information content (AvgIpc) is 3.22. The van der Waals surface area contributed by atoms with Gasteiger partial charge in [0.25, 0.3) is 5.91 Å². The van der Waals surface area contributed by atoms with Crippen LogP contribution in [0.1, 0.15) is 16.8 Å². The predicted octanol–water partition coefficient (Wildman–Crippen LogP) is 2.00. The monoisotopic (exact) mass is 442 g/mol. The molecule has 1 aromatic carbocycles. The van der Waals surface area contributed by atoms with Gasteiger partial charge in [0.2, 0.25) is 5.56 Å². The molecule has 0 radical (unpaired) electrons. The first kappa shape index (κ1) is 21.8. The summed E-state index contributed by atoms with van der Waals surface area (Å²) in [5.41, 5.74) is 3.84. The summed E-state index contributed by atoms with van der Waals surface area (Å²) in [5.74, 6) is -1.77. The fourth-order valence-electron chi connectivity index (χ4n) is 3.22. The lowest BCUT2D eigenvalue weighted by molar-refractivity contribution is -0.139. The fourth-order valence-corrected chi connectivity index (χ4v) is 3.53. The first-order valence-corrected chi connectivity index (χ1v) is 9.30. The lowest BCUT2D eigenvalue weighted by atomic mass is 9.99. The van der Waals surface area contributed by atoms with Gasteiger partial charge in [-0.25, -0.2) is 4.79 Å². The molecule has 1 unspecified atom stereocenters. The summed E-state index contributed by atoms with van der Waals surface area (Å²) < 4.78 is 46.1. The van der Waals surface area contributed by atoms with Gasteiger partial charge < -0.3 is 15.8 Å². The minimum absolute atomic E-state index is 0.0224. The number of aryl methyl sites for hydroxylation is 1. The molecule has 2 aromatic rings. The summed E-state index contributed by atoms with van der Waals surface area (Å²) in [5, 5.41) is 6.50. The predicted molar refractivity (Wildman–Crippen MR) is 102 cm³/mol. The highest BCUT2D eigenvalue weighted by Gasteiger charge is 2.40. The van der Waals surface area contributed by atoms with Crippen molar-refractivity contribution < 1.29 is 27.5 Å². The third-order valence-electron chi connectivity index (χ3n) is 4.64. The molecular weight excluding hydrogens is 425 g/mol. The van der Waals surface area contributed by atoms with Gasteiger partial charge in [-0.1, -0.05) is 29.8 Å². The number of nitrogens with one attached hydrogen (secondary N) is 1. The van der Waals surface area contributed by atoms with E-state index in [0.717, 1.165) is 6.07 Å². The number of rotatable bonds is 6. The maximum Gasteiger partial charge on any atom is 0.416 e. The van der Waals surface area contributed by atoms with Crippen LogP contribution in [0.2, 0.25) is 0 Å².